The Morgan fingerprint density at radius 2 is 2.15 bits per heavy atom. The smallest absolute Gasteiger partial charge is 0.0682 e. The third-order valence-corrected chi connectivity index (χ3v) is 2.60. The first-order valence-electron chi connectivity index (χ1n) is 4.55. The van der Waals surface area contributed by atoms with Gasteiger partial charge in [-0.3, -0.25) is 0 Å². The zero-order valence-electron chi connectivity index (χ0n) is 7.33. The number of halogens is 1. The number of nitrogens with one attached hydrogen (secondary N) is 1. The molecule has 4 heteroatoms. The summed E-state index contributed by atoms with van der Waals surface area (Å²) >= 11 is 5.85. The van der Waals surface area contributed by atoms with Gasteiger partial charge in [0.2, 0.25) is 0 Å². The van der Waals surface area contributed by atoms with Gasteiger partial charge in [0.15, 0.2) is 0 Å². The van der Waals surface area contributed by atoms with E-state index in [0.29, 0.717) is 10.9 Å². The number of piperidine rings is 1. The average molecular weight is 198 g/mol. The van der Waals surface area contributed by atoms with E-state index in [4.69, 9.17) is 11.6 Å². The van der Waals surface area contributed by atoms with Crippen molar-refractivity contribution in [2.75, 3.05) is 13.1 Å². The predicted octanol–water partition coefficient (Wildman–Crippen LogP) is 1.60. The molecule has 3 nitrogen and oxygen atoms in total. The van der Waals surface area contributed by atoms with Crippen molar-refractivity contribution in [3.63, 3.8) is 0 Å². The van der Waals surface area contributed by atoms with Gasteiger partial charge in [-0.2, -0.15) is 10.2 Å². The first kappa shape index (κ1) is 8.91. The summed E-state index contributed by atoms with van der Waals surface area (Å²) in [5.41, 5.74) is 1.04. The lowest BCUT2D eigenvalue weighted by Crippen LogP contribution is -2.27. The van der Waals surface area contributed by atoms with Crippen molar-refractivity contribution in [2.45, 2.75) is 18.8 Å². The minimum absolute atomic E-state index is 0.535. The standard InChI is InChI=1S/C9H12ClN3/c10-8-5-9(13-12-6-8)7-1-3-11-4-2-7/h5-7,11H,1-4H2. The summed E-state index contributed by atoms with van der Waals surface area (Å²) in [5, 5.41) is 12.0. The van der Waals surface area contributed by atoms with Gasteiger partial charge >= 0.3 is 0 Å². The Morgan fingerprint density at radius 1 is 1.38 bits per heavy atom. The van der Waals surface area contributed by atoms with E-state index in [1.54, 1.807) is 6.20 Å². The van der Waals surface area contributed by atoms with Crippen LogP contribution in [0.25, 0.3) is 0 Å². The molecule has 1 saturated heterocycles. The van der Waals surface area contributed by atoms with Gasteiger partial charge in [-0.05, 0) is 32.0 Å². The largest absolute Gasteiger partial charge is 0.317 e. The Bertz CT molecular complexity index is 284. The highest BCUT2D eigenvalue weighted by Gasteiger charge is 2.16. The fourth-order valence-electron chi connectivity index (χ4n) is 1.68. The van der Waals surface area contributed by atoms with E-state index < -0.39 is 0 Å². The highest BCUT2D eigenvalue weighted by atomic mass is 35.5. The molecule has 0 amide bonds. The molecule has 2 rings (SSSR count). The van der Waals surface area contributed by atoms with E-state index in [-0.39, 0.29) is 0 Å². The Hall–Kier alpha value is -0.670. The highest BCUT2D eigenvalue weighted by molar-refractivity contribution is 6.30. The van der Waals surface area contributed by atoms with Gasteiger partial charge in [-0.1, -0.05) is 11.6 Å². The van der Waals surface area contributed by atoms with Crippen molar-refractivity contribution in [3.8, 4) is 0 Å². The molecular weight excluding hydrogens is 186 g/mol. The summed E-state index contributed by atoms with van der Waals surface area (Å²) in [6, 6.07) is 1.92. The first-order valence-corrected chi connectivity index (χ1v) is 4.93. The van der Waals surface area contributed by atoms with E-state index in [9.17, 15) is 0 Å². The summed E-state index contributed by atoms with van der Waals surface area (Å²) in [5.74, 6) is 0.535. The second-order valence-electron chi connectivity index (χ2n) is 3.32. The van der Waals surface area contributed by atoms with E-state index in [1.165, 1.54) is 0 Å². The van der Waals surface area contributed by atoms with Gasteiger partial charge in [0, 0.05) is 5.92 Å². The van der Waals surface area contributed by atoms with Crippen LogP contribution < -0.4 is 5.32 Å². The first-order chi connectivity index (χ1) is 6.36. The molecule has 2 heterocycles. The lowest BCUT2D eigenvalue weighted by molar-refractivity contribution is 0.450. The molecule has 0 radical (unpaired) electrons. The van der Waals surface area contributed by atoms with Crippen molar-refractivity contribution < 1.29 is 0 Å². The molecule has 0 saturated carbocycles. The molecule has 1 N–H and O–H groups in total. The van der Waals surface area contributed by atoms with Crippen LogP contribution in [0.4, 0.5) is 0 Å². The summed E-state index contributed by atoms with van der Waals surface area (Å²) in [4.78, 5) is 0. The molecule has 1 aromatic heterocycles. The van der Waals surface area contributed by atoms with Crippen LogP contribution in [-0.4, -0.2) is 23.3 Å². The molecule has 0 aromatic carbocycles. The van der Waals surface area contributed by atoms with Crippen LogP contribution in [0.3, 0.4) is 0 Å². The number of hydrogen-bond acceptors (Lipinski definition) is 3. The van der Waals surface area contributed by atoms with E-state index in [2.05, 4.69) is 15.5 Å². The van der Waals surface area contributed by atoms with Gasteiger partial charge in [0.25, 0.3) is 0 Å². The highest BCUT2D eigenvalue weighted by Crippen LogP contribution is 2.24. The zero-order chi connectivity index (χ0) is 9.10. The number of nitrogens with zero attached hydrogens (tertiary/aromatic N) is 2. The van der Waals surface area contributed by atoms with E-state index in [0.717, 1.165) is 31.6 Å². The van der Waals surface area contributed by atoms with Gasteiger partial charge in [-0.15, -0.1) is 0 Å². The third-order valence-electron chi connectivity index (χ3n) is 2.40. The molecule has 0 unspecified atom stereocenters. The quantitative estimate of drug-likeness (QED) is 0.743. The SMILES string of the molecule is Clc1cnnc(C2CCNCC2)c1. The van der Waals surface area contributed by atoms with Gasteiger partial charge in [0.05, 0.1) is 16.9 Å². The Balaban J connectivity index is 2.14. The average Bonchev–Trinajstić information content (AvgIpc) is 2.19. The zero-order valence-corrected chi connectivity index (χ0v) is 8.09. The maximum atomic E-state index is 5.85. The molecule has 0 atom stereocenters. The molecule has 70 valence electrons. The van der Waals surface area contributed by atoms with Gasteiger partial charge < -0.3 is 5.32 Å². The molecule has 1 fully saturated rings. The molecule has 1 aliphatic heterocycles. The van der Waals surface area contributed by atoms with Crippen molar-refractivity contribution in [1.29, 1.82) is 0 Å². The summed E-state index contributed by atoms with van der Waals surface area (Å²) in [6.45, 7) is 2.14. The van der Waals surface area contributed by atoms with Crippen molar-refractivity contribution >= 4 is 11.6 Å². The van der Waals surface area contributed by atoms with Crippen molar-refractivity contribution in [2.24, 2.45) is 0 Å². The summed E-state index contributed by atoms with van der Waals surface area (Å²) in [6.07, 6.45) is 3.84. The second kappa shape index (κ2) is 4.03. The number of rotatable bonds is 1. The van der Waals surface area contributed by atoms with Crippen LogP contribution in [0.15, 0.2) is 12.3 Å². The maximum Gasteiger partial charge on any atom is 0.0682 e. The van der Waals surface area contributed by atoms with E-state index in [1.807, 2.05) is 6.07 Å². The van der Waals surface area contributed by atoms with Gasteiger partial charge in [0.1, 0.15) is 0 Å². The summed E-state index contributed by atoms with van der Waals surface area (Å²) in [7, 11) is 0. The Labute approximate surface area is 82.5 Å². The van der Waals surface area contributed by atoms with Crippen LogP contribution in [0.2, 0.25) is 5.02 Å². The van der Waals surface area contributed by atoms with Crippen LogP contribution in [0.1, 0.15) is 24.5 Å². The van der Waals surface area contributed by atoms with Crippen LogP contribution in [-0.2, 0) is 0 Å². The van der Waals surface area contributed by atoms with Crippen molar-refractivity contribution in [1.82, 2.24) is 15.5 Å². The van der Waals surface area contributed by atoms with Crippen LogP contribution in [0, 0.1) is 0 Å². The lowest BCUT2D eigenvalue weighted by Gasteiger charge is -2.21. The minimum Gasteiger partial charge on any atom is -0.317 e. The third kappa shape index (κ3) is 2.17. The molecule has 13 heavy (non-hydrogen) atoms. The number of aromatic nitrogens is 2. The fourth-order valence-corrected chi connectivity index (χ4v) is 1.83. The topological polar surface area (TPSA) is 37.8 Å². The Morgan fingerprint density at radius 3 is 2.85 bits per heavy atom. The molecular formula is C9H12ClN3. The number of hydrogen-bond donors (Lipinski definition) is 1. The molecule has 0 bridgehead atoms. The van der Waals surface area contributed by atoms with Crippen LogP contribution >= 0.6 is 11.6 Å². The molecule has 0 aliphatic carbocycles. The molecule has 1 aliphatic rings. The van der Waals surface area contributed by atoms with E-state index >= 15 is 0 Å². The predicted molar refractivity (Wildman–Crippen MR) is 51.9 cm³/mol. The summed E-state index contributed by atoms with van der Waals surface area (Å²) < 4.78 is 0. The molecule has 1 aromatic rings. The fraction of sp³-hybridized carbons (Fsp3) is 0.556. The minimum atomic E-state index is 0.535. The lowest BCUT2D eigenvalue weighted by atomic mass is 9.94. The van der Waals surface area contributed by atoms with Crippen LogP contribution in [0.5, 0.6) is 0 Å². The second-order valence-corrected chi connectivity index (χ2v) is 3.76. The monoisotopic (exact) mass is 197 g/mol. The Kier molecular flexibility index (Phi) is 2.76. The maximum absolute atomic E-state index is 5.85. The molecule has 0 spiro atoms. The van der Waals surface area contributed by atoms with Gasteiger partial charge in [-0.25, -0.2) is 0 Å². The van der Waals surface area contributed by atoms with Crippen molar-refractivity contribution in [3.05, 3.63) is 23.0 Å². The normalized spacial score (nSPS) is 18.8.